The molecule has 0 saturated carbocycles. The minimum Gasteiger partial charge on any atom is -0.423 e. The van der Waals surface area contributed by atoms with Gasteiger partial charge in [-0.25, -0.2) is 0 Å². The van der Waals surface area contributed by atoms with Crippen molar-refractivity contribution in [1.82, 2.24) is 4.98 Å². The van der Waals surface area contributed by atoms with Crippen LogP contribution >= 0.6 is 0 Å². The van der Waals surface area contributed by atoms with E-state index in [-0.39, 0.29) is 4.75 Å². The summed E-state index contributed by atoms with van der Waals surface area (Å²) in [5.41, 5.74) is 1.69. The molecule has 4 nitrogen and oxygen atoms in total. The van der Waals surface area contributed by atoms with E-state index in [2.05, 4.69) is 23.7 Å². The van der Waals surface area contributed by atoms with Gasteiger partial charge in [-0.2, -0.15) is 4.98 Å². The van der Waals surface area contributed by atoms with Crippen molar-refractivity contribution in [3.05, 3.63) is 24.3 Å². The highest BCUT2D eigenvalue weighted by Gasteiger charge is 2.40. The topological polar surface area (TPSA) is 46.3 Å². The Kier molecular flexibility index (Phi) is 3.54. The number of anilines is 1. The maximum absolute atomic E-state index is 12.4. The van der Waals surface area contributed by atoms with Gasteiger partial charge in [-0.05, 0) is 25.0 Å². The lowest BCUT2D eigenvalue weighted by Crippen LogP contribution is -2.53. The third-order valence-corrected chi connectivity index (χ3v) is 6.58. The summed E-state index contributed by atoms with van der Waals surface area (Å²) in [6.45, 7) is 5.76. The van der Waals surface area contributed by atoms with Crippen LogP contribution in [0.2, 0.25) is 0 Å². The maximum Gasteiger partial charge on any atom is 0.298 e. The van der Waals surface area contributed by atoms with Gasteiger partial charge in [0.1, 0.15) is 5.52 Å². The molecule has 1 aliphatic rings. The van der Waals surface area contributed by atoms with E-state index in [1.54, 1.807) is 0 Å². The summed E-state index contributed by atoms with van der Waals surface area (Å²) in [6.07, 6.45) is 1.85. The molecule has 0 radical (unpaired) electrons. The second-order valence-corrected chi connectivity index (χ2v) is 7.29. The fourth-order valence-electron chi connectivity index (χ4n) is 2.86. The van der Waals surface area contributed by atoms with Crippen LogP contribution in [0.1, 0.15) is 26.7 Å². The van der Waals surface area contributed by atoms with E-state index < -0.39 is 10.8 Å². The minimum atomic E-state index is -0.760. The largest absolute Gasteiger partial charge is 0.423 e. The zero-order valence-corrected chi connectivity index (χ0v) is 12.8. The van der Waals surface area contributed by atoms with Gasteiger partial charge in [0.25, 0.3) is 6.01 Å². The molecular weight excluding hydrogens is 272 g/mol. The number of fused-ring (bicyclic) bond motifs is 1. The van der Waals surface area contributed by atoms with Crippen LogP contribution in [0, 0.1) is 0 Å². The molecular formula is C15H20N2O2S. The summed E-state index contributed by atoms with van der Waals surface area (Å²) in [5.74, 6) is 0.695. The van der Waals surface area contributed by atoms with Crippen molar-refractivity contribution < 1.29 is 8.63 Å². The van der Waals surface area contributed by atoms with Crippen LogP contribution in [0.4, 0.5) is 6.01 Å². The van der Waals surface area contributed by atoms with E-state index in [1.807, 2.05) is 24.3 Å². The van der Waals surface area contributed by atoms with Crippen LogP contribution < -0.4 is 4.90 Å². The molecule has 0 spiro atoms. The molecule has 20 heavy (non-hydrogen) atoms. The van der Waals surface area contributed by atoms with E-state index >= 15 is 0 Å². The number of hydrogen-bond donors (Lipinski definition) is 0. The van der Waals surface area contributed by atoms with Crippen LogP contribution in [-0.4, -0.2) is 32.8 Å². The summed E-state index contributed by atoms with van der Waals surface area (Å²) in [7, 11) is -0.760. The molecule has 1 saturated heterocycles. The van der Waals surface area contributed by atoms with Gasteiger partial charge in [-0.3, -0.25) is 4.21 Å². The average Bonchev–Trinajstić information content (AvgIpc) is 2.92. The van der Waals surface area contributed by atoms with Gasteiger partial charge < -0.3 is 9.32 Å². The van der Waals surface area contributed by atoms with Crippen molar-refractivity contribution in [3.63, 3.8) is 0 Å². The first-order valence-electron chi connectivity index (χ1n) is 7.17. The molecule has 1 fully saturated rings. The molecule has 0 aliphatic carbocycles. The van der Waals surface area contributed by atoms with E-state index in [0.717, 1.165) is 37.0 Å². The second-order valence-electron chi connectivity index (χ2n) is 5.33. The van der Waals surface area contributed by atoms with Crippen LogP contribution in [0.25, 0.3) is 11.1 Å². The number of aromatic nitrogens is 1. The quantitative estimate of drug-likeness (QED) is 0.872. The van der Waals surface area contributed by atoms with E-state index in [4.69, 9.17) is 4.42 Å². The smallest absolute Gasteiger partial charge is 0.298 e. The number of rotatable bonds is 3. The molecule has 1 aliphatic heterocycles. The zero-order chi connectivity index (χ0) is 14.2. The van der Waals surface area contributed by atoms with E-state index in [0.29, 0.717) is 11.8 Å². The first-order chi connectivity index (χ1) is 9.68. The fourth-order valence-corrected chi connectivity index (χ4v) is 4.63. The normalized spacial score (nSPS) is 22.3. The van der Waals surface area contributed by atoms with Crippen molar-refractivity contribution in [3.8, 4) is 0 Å². The standard InChI is InChI=1S/C15H20N2O2S/c1-3-15(4-2)11-17(9-10-20(15)18)14-16-12-7-5-6-8-13(12)19-14/h5-8H,3-4,9-11H2,1-2H3. The summed E-state index contributed by atoms with van der Waals surface area (Å²) in [5, 5.41) is 0. The Balaban J connectivity index is 1.92. The molecule has 0 N–H and O–H groups in total. The highest BCUT2D eigenvalue weighted by molar-refractivity contribution is 7.86. The molecule has 3 rings (SSSR count). The first-order valence-corrected chi connectivity index (χ1v) is 8.49. The summed E-state index contributed by atoms with van der Waals surface area (Å²) >= 11 is 0. The lowest BCUT2D eigenvalue weighted by atomic mass is 10.0. The van der Waals surface area contributed by atoms with Gasteiger partial charge in [0, 0.05) is 29.6 Å². The van der Waals surface area contributed by atoms with Gasteiger partial charge in [0.2, 0.25) is 0 Å². The molecule has 1 unspecified atom stereocenters. The Morgan fingerprint density at radius 3 is 2.80 bits per heavy atom. The second kappa shape index (κ2) is 5.20. The van der Waals surface area contributed by atoms with Crippen LogP contribution in [0.3, 0.4) is 0 Å². The minimum absolute atomic E-state index is 0.126. The van der Waals surface area contributed by atoms with Crippen molar-refractivity contribution in [2.45, 2.75) is 31.4 Å². The molecule has 1 aromatic carbocycles. The van der Waals surface area contributed by atoms with Crippen LogP contribution in [0.5, 0.6) is 0 Å². The Labute approximate surface area is 121 Å². The van der Waals surface area contributed by atoms with Gasteiger partial charge in [0.15, 0.2) is 5.58 Å². The number of benzene rings is 1. The molecule has 5 heteroatoms. The molecule has 2 heterocycles. The number of oxazole rings is 1. The summed E-state index contributed by atoms with van der Waals surface area (Å²) in [4.78, 5) is 6.70. The maximum atomic E-state index is 12.4. The van der Waals surface area contributed by atoms with Gasteiger partial charge >= 0.3 is 0 Å². The predicted molar refractivity (Wildman–Crippen MR) is 82.5 cm³/mol. The van der Waals surface area contributed by atoms with E-state index in [1.165, 1.54) is 0 Å². The SMILES string of the molecule is CCC1(CC)CN(c2nc3ccccc3o2)CCS1=O. The van der Waals surface area contributed by atoms with Crippen molar-refractivity contribution in [1.29, 1.82) is 0 Å². The predicted octanol–water partition coefficient (Wildman–Crippen LogP) is 2.96. The lowest BCUT2D eigenvalue weighted by molar-refractivity contribution is 0.470. The van der Waals surface area contributed by atoms with Crippen LogP contribution in [0.15, 0.2) is 28.7 Å². The van der Waals surface area contributed by atoms with Crippen molar-refractivity contribution in [2.24, 2.45) is 0 Å². The summed E-state index contributed by atoms with van der Waals surface area (Å²) in [6, 6.07) is 8.46. The molecule has 108 valence electrons. The molecule has 2 aromatic rings. The Morgan fingerprint density at radius 1 is 1.35 bits per heavy atom. The highest BCUT2D eigenvalue weighted by atomic mass is 32.2. The number of para-hydroxylation sites is 2. The summed E-state index contributed by atoms with van der Waals surface area (Å²) < 4.78 is 18.1. The third kappa shape index (κ3) is 2.14. The first kappa shape index (κ1) is 13.6. The van der Waals surface area contributed by atoms with Gasteiger partial charge in [-0.1, -0.05) is 26.0 Å². The lowest BCUT2D eigenvalue weighted by Gasteiger charge is -2.40. The van der Waals surface area contributed by atoms with Crippen LogP contribution in [-0.2, 0) is 10.8 Å². The molecule has 0 amide bonds. The van der Waals surface area contributed by atoms with Crippen molar-refractivity contribution >= 4 is 27.9 Å². The molecule has 1 aromatic heterocycles. The van der Waals surface area contributed by atoms with Crippen molar-refractivity contribution in [2.75, 3.05) is 23.7 Å². The average molecular weight is 292 g/mol. The third-order valence-electron chi connectivity index (χ3n) is 4.35. The monoisotopic (exact) mass is 292 g/mol. The Morgan fingerprint density at radius 2 is 2.10 bits per heavy atom. The van der Waals surface area contributed by atoms with Gasteiger partial charge in [-0.15, -0.1) is 0 Å². The van der Waals surface area contributed by atoms with E-state index in [9.17, 15) is 4.21 Å². The number of hydrogen-bond acceptors (Lipinski definition) is 4. The molecule has 0 bridgehead atoms. The Hall–Kier alpha value is -1.36. The highest BCUT2D eigenvalue weighted by Crippen LogP contribution is 2.32. The van der Waals surface area contributed by atoms with Gasteiger partial charge in [0.05, 0.1) is 4.75 Å². The molecule has 1 atom stereocenters. The zero-order valence-electron chi connectivity index (χ0n) is 12.0. The Bertz CT molecular complexity index is 601. The number of nitrogens with zero attached hydrogens (tertiary/aromatic N) is 2. The fraction of sp³-hybridized carbons (Fsp3) is 0.533.